The fourth-order valence-corrected chi connectivity index (χ4v) is 1.98. The molecule has 0 heterocycles. The van der Waals surface area contributed by atoms with Gasteiger partial charge in [-0.15, -0.1) is 0 Å². The van der Waals surface area contributed by atoms with E-state index < -0.39 is 0 Å². The number of nitrogens with zero attached hydrogens (tertiary/aromatic N) is 1. The summed E-state index contributed by atoms with van der Waals surface area (Å²) in [5, 5.41) is 11.7. The lowest BCUT2D eigenvalue weighted by Crippen LogP contribution is -2.27. The summed E-state index contributed by atoms with van der Waals surface area (Å²) in [6, 6.07) is 18.8. The Morgan fingerprint density at radius 3 is 2.65 bits per heavy atom. The van der Waals surface area contributed by atoms with Crippen LogP contribution in [0.2, 0.25) is 0 Å². The van der Waals surface area contributed by atoms with Gasteiger partial charge in [0.15, 0.2) is 0 Å². The average molecular weight is 264 g/mol. The van der Waals surface area contributed by atoms with Crippen LogP contribution in [-0.2, 0) is 0 Å². The number of hydrogen-bond donors (Lipinski definition) is 1. The van der Waals surface area contributed by atoms with Crippen molar-refractivity contribution in [3.8, 4) is 6.07 Å². The van der Waals surface area contributed by atoms with Crippen LogP contribution in [0.5, 0.6) is 0 Å². The molecule has 3 heteroatoms. The first-order valence-corrected chi connectivity index (χ1v) is 6.54. The standard InChI is InChI=1S/C17H16N2O/c1-13(15-7-3-2-4-8-15)12-19-17(20)16-9-5-6-14(10-16)11-18/h2-10,13H,12H2,1H3,(H,19,20). The normalized spacial score (nSPS) is 11.4. The van der Waals surface area contributed by atoms with Crippen LogP contribution in [-0.4, -0.2) is 12.5 Å². The van der Waals surface area contributed by atoms with E-state index in [-0.39, 0.29) is 11.8 Å². The van der Waals surface area contributed by atoms with Gasteiger partial charge in [-0.2, -0.15) is 5.26 Å². The number of hydrogen-bond acceptors (Lipinski definition) is 2. The summed E-state index contributed by atoms with van der Waals surface area (Å²) in [5.74, 6) is 0.101. The molecule has 0 spiro atoms. The molecule has 1 N–H and O–H groups in total. The summed E-state index contributed by atoms with van der Waals surface area (Å²) < 4.78 is 0. The van der Waals surface area contributed by atoms with Crippen molar-refractivity contribution in [3.05, 3.63) is 71.3 Å². The van der Waals surface area contributed by atoms with E-state index in [1.54, 1.807) is 24.3 Å². The van der Waals surface area contributed by atoms with Crippen molar-refractivity contribution in [3.63, 3.8) is 0 Å². The highest BCUT2D eigenvalue weighted by molar-refractivity contribution is 5.94. The van der Waals surface area contributed by atoms with Crippen molar-refractivity contribution < 1.29 is 4.79 Å². The molecule has 3 nitrogen and oxygen atoms in total. The van der Waals surface area contributed by atoms with Crippen LogP contribution in [0.15, 0.2) is 54.6 Å². The van der Waals surface area contributed by atoms with Crippen molar-refractivity contribution in [2.45, 2.75) is 12.8 Å². The maximum absolute atomic E-state index is 12.0. The molecule has 0 saturated carbocycles. The van der Waals surface area contributed by atoms with Gasteiger partial charge in [0.2, 0.25) is 0 Å². The zero-order chi connectivity index (χ0) is 14.4. The summed E-state index contributed by atoms with van der Waals surface area (Å²) in [4.78, 5) is 12.0. The molecule has 20 heavy (non-hydrogen) atoms. The molecule has 0 aromatic heterocycles. The van der Waals surface area contributed by atoms with Crippen LogP contribution in [0.3, 0.4) is 0 Å². The maximum Gasteiger partial charge on any atom is 0.251 e. The molecular formula is C17H16N2O. The Kier molecular flexibility index (Phi) is 4.52. The highest BCUT2D eigenvalue weighted by Gasteiger charge is 2.09. The molecule has 1 unspecified atom stereocenters. The Balaban J connectivity index is 1.97. The van der Waals surface area contributed by atoms with E-state index >= 15 is 0 Å². The topological polar surface area (TPSA) is 52.9 Å². The first kappa shape index (κ1) is 13.8. The molecule has 2 aromatic rings. The quantitative estimate of drug-likeness (QED) is 0.922. The van der Waals surface area contributed by atoms with Gasteiger partial charge in [0.1, 0.15) is 0 Å². The van der Waals surface area contributed by atoms with Crippen LogP contribution in [0, 0.1) is 11.3 Å². The van der Waals surface area contributed by atoms with Gasteiger partial charge in [-0.05, 0) is 29.7 Å². The molecule has 2 aromatic carbocycles. The molecule has 1 amide bonds. The lowest BCUT2D eigenvalue weighted by Gasteiger charge is -2.13. The van der Waals surface area contributed by atoms with Crippen molar-refractivity contribution >= 4 is 5.91 Å². The SMILES string of the molecule is CC(CNC(=O)c1cccc(C#N)c1)c1ccccc1. The highest BCUT2D eigenvalue weighted by atomic mass is 16.1. The van der Waals surface area contributed by atoms with E-state index in [1.807, 2.05) is 36.4 Å². The minimum atomic E-state index is -0.148. The fourth-order valence-electron chi connectivity index (χ4n) is 1.98. The Bertz CT molecular complexity index is 629. The maximum atomic E-state index is 12.0. The predicted molar refractivity (Wildman–Crippen MR) is 78.3 cm³/mol. The zero-order valence-electron chi connectivity index (χ0n) is 11.3. The van der Waals surface area contributed by atoms with Gasteiger partial charge in [-0.3, -0.25) is 4.79 Å². The van der Waals surface area contributed by atoms with Gasteiger partial charge in [0.25, 0.3) is 5.91 Å². The van der Waals surface area contributed by atoms with Crippen LogP contribution in [0.4, 0.5) is 0 Å². The van der Waals surface area contributed by atoms with E-state index in [2.05, 4.69) is 12.2 Å². The van der Waals surface area contributed by atoms with Crippen LogP contribution >= 0.6 is 0 Å². The second kappa shape index (κ2) is 6.53. The lowest BCUT2D eigenvalue weighted by atomic mass is 10.0. The van der Waals surface area contributed by atoms with Crippen molar-refractivity contribution in [2.24, 2.45) is 0 Å². The molecule has 0 saturated heterocycles. The van der Waals surface area contributed by atoms with E-state index in [9.17, 15) is 4.79 Å². The minimum absolute atomic E-state index is 0.148. The molecule has 0 bridgehead atoms. The number of rotatable bonds is 4. The summed E-state index contributed by atoms with van der Waals surface area (Å²) >= 11 is 0. The third kappa shape index (κ3) is 3.46. The first-order chi connectivity index (χ1) is 9.70. The number of benzene rings is 2. The molecule has 0 fully saturated rings. The summed E-state index contributed by atoms with van der Waals surface area (Å²) in [6.45, 7) is 2.64. The van der Waals surface area contributed by atoms with Crippen molar-refractivity contribution in [1.29, 1.82) is 5.26 Å². The van der Waals surface area contributed by atoms with E-state index in [4.69, 9.17) is 5.26 Å². The van der Waals surface area contributed by atoms with Gasteiger partial charge in [0, 0.05) is 12.1 Å². The minimum Gasteiger partial charge on any atom is -0.351 e. The molecule has 0 aliphatic carbocycles. The van der Waals surface area contributed by atoms with Gasteiger partial charge >= 0.3 is 0 Å². The van der Waals surface area contributed by atoms with Crippen LogP contribution < -0.4 is 5.32 Å². The number of carbonyl (C=O) groups is 1. The predicted octanol–water partition coefficient (Wildman–Crippen LogP) is 3.09. The second-order valence-electron chi connectivity index (χ2n) is 4.71. The fraction of sp³-hybridized carbons (Fsp3) is 0.176. The van der Waals surface area contributed by atoms with Crippen LogP contribution in [0.25, 0.3) is 0 Å². The third-order valence-electron chi connectivity index (χ3n) is 3.19. The number of carbonyl (C=O) groups excluding carboxylic acids is 1. The Labute approximate surface area is 118 Å². The van der Waals surface area contributed by atoms with E-state index in [0.717, 1.165) is 0 Å². The number of nitrogens with one attached hydrogen (secondary N) is 1. The Morgan fingerprint density at radius 2 is 1.95 bits per heavy atom. The molecule has 100 valence electrons. The smallest absolute Gasteiger partial charge is 0.251 e. The monoisotopic (exact) mass is 264 g/mol. The molecule has 2 rings (SSSR count). The molecule has 0 aliphatic rings. The van der Waals surface area contributed by atoms with Gasteiger partial charge in [-0.1, -0.05) is 43.3 Å². The molecule has 0 aliphatic heterocycles. The molecular weight excluding hydrogens is 248 g/mol. The van der Waals surface area contributed by atoms with Crippen molar-refractivity contribution in [1.82, 2.24) is 5.32 Å². The number of nitriles is 1. The van der Waals surface area contributed by atoms with Gasteiger partial charge in [-0.25, -0.2) is 0 Å². The first-order valence-electron chi connectivity index (χ1n) is 6.54. The van der Waals surface area contributed by atoms with E-state index in [0.29, 0.717) is 17.7 Å². The number of amides is 1. The Morgan fingerprint density at radius 1 is 1.20 bits per heavy atom. The average Bonchev–Trinajstić information content (AvgIpc) is 2.53. The molecule has 0 radical (unpaired) electrons. The lowest BCUT2D eigenvalue weighted by molar-refractivity contribution is 0.0951. The second-order valence-corrected chi connectivity index (χ2v) is 4.71. The highest BCUT2D eigenvalue weighted by Crippen LogP contribution is 2.13. The van der Waals surface area contributed by atoms with Crippen molar-refractivity contribution in [2.75, 3.05) is 6.54 Å². The summed E-state index contributed by atoms with van der Waals surface area (Å²) in [5.41, 5.74) is 2.21. The van der Waals surface area contributed by atoms with E-state index in [1.165, 1.54) is 5.56 Å². The van der Waals surface area contributed by atoms with Crippen LogP contribution in [0.1, 0.15) is 34.3 Å². The molecule has 1 atom stereocenters. The van der Waals surface area contributed by atoms with Gasteiger partial charge in [0.05, 0.1) is 11.6 Å². The summed E-state index contributed by atoms with van der Waals surface area (Å²) in [6.07, 6.45) is 0. The largest absolute Gasteiger partial charge is 0.351 e. The Hall–Kier alpha value is -2.60. The zero-order valence-corrected chi connectivity index (χ0v) is 11.3. The summed E-state index contributed by atoms with van der Waals surface area (Å²) in [7, 11) is 0. The van der Waals surface area contributed by atoms with Gasteiger partial charge < -0.3 is 5.32 Å². The third-order valence-corrected chi connectivity index (χ3v) is 3.19.